The predicted molar refractivity (Wildman–Crippen MR) is 142 cm³/mol. The molecule has 0 heterocycles. The van der Waals surface area contributed by atoms with Crippen LogP contribution in [0.25, 0.3) is 0 Å². The zero-order valence-corrected chi connectivity index (χ0v) is 22.3. The van der Waals surface area contributed by atoms with Crippen molar-refractivity contribution in [3.05, 3.63) is 63.1 Å². The van der Waals surface area contributed by atoms with E-state index >= 15 is 0 Å². The Hall–Kier alpha value is -1.02. The molecule has 2 aromatic carbocycles. The lowest BCUT2D eigenvalue weighted by atomic mass is 9.76. The van der Waals surface area contributed by atoms with E-state index in [0.717, 1.165) is 62.7 Å². The van der Waals surface area contributed by atoms with Crippen LogP contribution in [0.4, 0.5) is 0 Å². The molecule has 0 aliphatic heterocycles. The van der Waals surface area contributed by atoms with Gasteiger partial charge in [-0.05, 0) is 73.1 Å². The van der Waals surface area contributed by atoms with Gasteiger partial charge in [-0.15, -0.1) is 12.4 Å². The van der Waals surface area contributed by atoms with Gasteiger partial charge in [-0.2, -0.15) is 0 Å². The fraction of sp³-hybridized carbons (Fsp3) is 0.520. The third kappa shape index (κ3) is 6.80. The summed E-state index contributed by atoms with van der Waals surface area (Å²) in [7, 11) is -3.28. The van der Waals surface area contributed by atoms with Crippen LogP contribution in [0, 0.1) is 0 Å². The van der Waals surface area contributed by atoms with Crippen LogP contribution >= 0.6 is 35.6 Å². The van der Waals surface area contributed by atoms with Crippen LogP contribution in [-0.4, -0.2) is 32.9 Å². The summed E-state index contributed by atoms with van der Waals surface area (Å²) in [6.07, 6.45) is 7.26. The maximum atomic E-state index is 12.5. The third-order valence-corrected chi connectivity index (χ3v) is 9.58. The number of hydrogen-bond acceptors (Lipinski definition) is 4. The van der Waals surface area contributed by atoms with E-state index in [1.54, 1.807) is 0 Å². The first-order chi connectivity index (χ1) is 15.8. The second-order valence-electron chi connectivity index (χ2n) is 9.17. The number of sulfonamides is 1. The highest BCUT2D eigenvalue weighted by Gasteiger charge is 2.28. The van der Waals surface area contributed by atoms with Crippen molar-refractivity contribution in [3.8, 4) is 5.75 Å². The monoisotopic (exact) mass is 546 g/mol. The van der Waals surface area contributed by atoms with Crippen molar-refractivity contribution < 1.29 is 13.2 Å². The van der Waals surface area contributed by atoms with Crippen molar-refractivity contribution in [2.45, 2.75) is 68.6 Å². The van der Waals surface area contributed by atoms with Crippen molar-refractivity contribution in [2.24, 2.45) is 5.73 Å². The van der Waals surface area contributed by atoms with Gasteiger partial charge in [-0.1, -0.05) is 54.6 Å². The van der Waals surface area contributed by atoms with Crippen molar-refractivity contribution in [2.75, 3.05) is 13.2 Å². The van der Waals surface area contributed by atoms with Crippen molar-refractivity contribution in [3.63, 3.8) is 0 Å². The first kappa shape index (κ1) is 27.6. The van der Waals surface area contributed by atoms with Crippen LogP contribution in [-0.2, 0) is 22.9 Å². The fourth-order valence-electron chi connectivity index (χ4n) is 5.02. The minimum Gasteiger partial charge on any atom is -0.492 e. The Balaban J connectivity index is 0.00000324. The molecular weight excluding hydrogens is 515 g/mol. The summed E-state index contributed by atoms with van der Waals surface area (Å²) in [5.74, 6) is 0.887. The summed E-state index contributed by atoms with van der Waals surface area (Å²) in [5.41, 5.74) is 10.1. The number of hydrogen-bond donors (Lipinski definition) is 2. The lowest BCUT2D eigenvalue weighted by Crippen LogP contribution is -2.37. The molecule has 2 unspecified atom stereocenters. The van der Waals surface area contributed by atoms with Gasteiger partial charge in [0.15, 0.2) is 0 Å². The first-order valence-electron chi connectivity index (χ1n) is 11.8. The smallest absolute Gasteiger partial charge is 0.214 e. The highest BCUT2D eigenvalue weighted by atomic mass is 35.5. The molecule has 34 heavy (non-hydrogen) atoms. The molecule has 3 N–H and O–H groups in total. The number of fused-ring (bicyclic) bond motifs is 1. The molecule has 0 radical (unpaired) electrons. The van der Waals surface area contributed by atoms with Crippen LogP contribution in [0.3, 0.4) is 0 Å². The maximum absolute atomic E-state index is 12.5. The quantitative estimate of drug-likeness (QED) is 0.419. The Morgan fingerprint density at radius 2 is 1.76 bits per heavy atom. The van der Waals surface area contributed by atoms with E-state index in [-0.39, 0.29) is 42.8 Å². The van der Waals surface area contributed by atoms with Gasteiger partial charge in [0.2, 0.25) is 10.0 Å². The highest BCUT2D eigenvalue weighted by Crippen LogP contribution is 2.36. The Bertz CT molecular complexity index is 1080. The van der Waals surface area contributed by atoms with Gasteiger partial charge < -0.3 is 10.5 Å². The third-order valence-electron chi connectivity index (χ3n) is 6.89. The van der Waals surface area contributed by atoms with Crippen molar-refractivity contribution in [1.82, 2.24) is 4.72 Å². The topological polar surface area (TPSA) is 81.4 Å². The largest absolute Gasteiger partial charge is 0.492 e. The molecule has 1 saturated carbocycles. The Labute approximate surface area is 219 Å². The molecule has 0 saturated heterocycles. The number of halogens is 3. The zero-order valence-electron chi connectivity index (χ0n) is 19.1. The summed E-state index contributed by atoms with van der Waals surface area (Å²) < 4.78 is 33.6. The van der Waals surface area contributed by atoms with Crippen LogP contribution in [0.5, 0.6) is 5.75 Å². The lowest BCUT2D eigenvalue weighted by molar-refractivity contribution is 0.320. The average molecular weight is 548 g/mol. The van der Waals surface area contributed by atoms with Gasteiger partial charge in [0.25, 0.3) is 0 Å². The molecule has 9 heteroatoms. The number of ether oxygens (including phenoxy) is 1. The number of rotatable bonds is 8. The molecule has 2 aliphatic carbocycles. The molecule has 0 amide bonds. The predicted octanol–water partition coefficient (Wildman–Crippen LogP) is 5.65. The highest BCUT2D eigenvalue weighted by molar-refractivity contribution is 7.90. The first-order valence-corrected chi connectivity index (χ1v) is 14.1. The SMILES string of the molecule is Cl.NC1CCc2ccc(OCCNS(=O)(=O)C3CCCCC3)cc2C1Cc1ccc(Cl)c(Cl)c1. The normalized spacial score (nSPS) is 20.9. The average Bonchev–Trinajstić information content (AvgIpc) is 2.81. The molecule has 188 valence electrons. The minimum atomic E-state index is -3.28. The summed E-state index contributed by atoms with van der Waals surface area (Å²) in [4.78, 5) is 0. The van der Waals surface area contributed by atoms with E-state index < -0.39 is 10.0 Å². The second-order valence-corrected chi connectivity index (χ2v) is 12.0. The molecule has 0 aromatic heterocycles. The number of aryl methyl sites for hydroxylation is 1. The molecule has 0 spiro atoms. The van der Waals surface area contributed by atoms with Gasteiger partial charge >= 0.3 is 0 Å². The minimum absolute atomic E-state index is 0. The summed E-state index contributed by atoms with van der Waals surface area (Å²) in [5, 5.41) is 0.828. The van der Waals surface area contributed by atoms with Gasteiger partial charge in [0, 0.05) is 18.5 Å². The molecule has 2 atom stereocenters. The summed E-state index contributed by atoms with van der Waals surface area (Å²) in [6.45, 7) is 0.552. The maximum Gasteiger partial charge on any atom is 0.214 e. The van der Waals surface area contributed by atoms with E-state index in [1.165, 1.54) is 11.1 Å². The molecule has 5 nitrogen and oxygen atoms in total. The number of benzene rings is 2. The fourth-order valence-corrected chi connectivity index (χ4v) is 6.90. The van der Waals surface area contributed by atoms with Crippen LogP contribution in [0.1, 0.15) is 61.1 Å². The second kappa shape index (κ2) is 12.3. The van der Waals surface area contributed by atoms with E-state index in [9.17, 15) is 8.42 Å². The molecule has 0 bridgehead atoms. The Morgan fingerprint density at radius 3 is 2.50 bits per heavy atom. The summed E-state index contributed by atoms with van der Waals surface area (Å²) >= 11 is 12.3. The number of nitrogens with two attached hydrogens (primary N) is 1. The Kier molecular flexibility index (Phi) is 9.96. The molecule has 2 aliphatic rings. The van der Waals surface area contributed by atoms with Crippen LogP contribution < -0.4 is 15.2 Å². The Morgan fingerprint density at radius 1 is 1.00 bits per heavy atom. The summed E-state index contributed by atoms with van der Waals surface area (Å²) in [6, 6.07) is 11.9. The molecular formula is C25H33Cl3N2O3S. The molecule has 1 fully saturated rings. The van der Waals surface area contributed by atoms with Crippen molar-refractivity contribution >= 4 is 45.6 Å². The molecule has 2 aromatic rings. The van der Waals surface area contributed by atoms with Gasteiger partial charge in [0.05, 0.1) is 15.3 Å². The van der Waals surface area contributed by atoms with E-state index in [0.29, 0.717) is 10.0 Å². The zero-order chi connectivity index (χ0) is 23.4. The van der Waals surface area contributed by atoms with E-state index in [2.05, 4.69) is 16.9 Å². The standard InChI is InChI=1S/C25H32Cl2N2O3S.ClH/c26-23-10-6-17(15-24(23)27)14-22-21-16-19(9-7-18(21)8-11-25(22)28)32-13-12-29-33(30,31)20-4-2-1-3-5-20;/h6-7,9-10,15-16,20,22,25,29H,1-5,8,11-14,28H2;1H. The van der Waals surface area contributed by atoms with E-state index in [4.69, 9.17) is 33.7 Å². The van der Waals surface area contributed by atoms with Crippen LogP contribution in [0.2, 0.25) is 10.0 Å². The lowest BCUT2D eigenvalue weighted by Gasteiger charge is -2.32. The van der Waals surface area contributed by atoms with Crippen molar-refractivity contribution in [1.29, 1.82) is 0 Å². The van der Waals surface area contributed by atoms with Crippen LogP contribution in [0.15, 0.2) is 36.4 Å². The molecule has 4 rings (SSSR count). The van der Waals surface area contributed by atoms with Gasteiger partial charge in [-0.3, -0.25) is 0 Å². The van der Waals surface area contributed by atoms with E-state index in [1.807, 2.05) is 24.3 Å². The van der Waals surface area contributed by atoms with Gasteiger partial charge in [-0.25, -0.2) is 13.1 Å². The number of nitrogens with one attached hydrogen (secondary N) is 1. The van der Waals surface area contributed by atoms with Gasteiger partial charge in [0.1, 0.15) is 12.4 Å².